The summed E-state index contributed by atoms with van der Waals surface area (Å²) in [6.07, 6.45) is -0.575. The second-order valence-corrected chi connectivity index (χ2v) is 9.44. The molecule has 198 valence electrons. The molecule has 1 saturated heterocycles. The summed E-state index contributed by atoms with van der Waals surface area (Å²) >= 11 is 1.28. The molecule has 2 heterocycles. The molecule has 0 saturated carbocycles. The first-order chi connectivity index (χ1) is 18.0. The number of aromatic nitrogens is 2. The van der Waals surface area contributed by atoms with E-state index in [1.165, 1.54) is 11.8 Å². The lowest BCUT2D eigenvalue weighted by atomic mass is 10.2. The number of benzene rings is 2. The Labute approximate surface area is 221 Å². The van der Waals surface area contributed by atoms with Crippen molar-refractivity contribution >= 4 is 34.3 Å². The molecule has 10 heteroatoms. The predicted molar refractivity (Wildman–Crippen MR) is 146 cm³/mol. The summed E-state index contributed by atoms with van der Waals surface area (Å²) in [5.41, 5.74) is 1.47. The number of amides is 1. The predicted octanol–water partition coefficient (Wildman–Crippen LogP) is 3.25. The molecule has 0 radical (unpaired) electrons. The fourth-order valence-electron chi connectivity index (χ4n) is 4.40. The van der Waals surface area contributed by atoms with Gasteiger partial charge in [0.15, 0.2) is 11.4 Å². The number of para-hydroxylation sites is 3. The molecule has 2 aromatic carbocycles. The van der Waals surface area contributed by atoms with E-state index >= 15 is 0 Å². The van der Waals surface area contributed by atoms with Crippen LogP contribution in [0.3, 0.4) is 0 Å². The molecule has 1 aromatic heterocycles. The van der Waals surface area contributed by atoms with Gasteiger partial charge in [0.1, 0.15) is 5.75 Å². The van der Waals surface area contributed by atoms with Crippen molar-refractivity contribution in [3.05, 3.63) is 58.9 Å². The molecular weight excluding hydrogens is 492 g/mol. The van der Waals surface area contributed by atoms with Crippen LogP contribution in [0, 0.1) is 0 Å². The molecule has 0 spiro atoms. The molecule has 1 amide bonds. The van der Waals surface area contributed by atoms with Gasteiger partial charge in [0.25, 0.3) is 5.56 Å². The summed E-state index contributed by atoms with van der Waals surface area (Å²) in [7, 11) is 1.67. The normalized spacial score (nSPS) is 13.9. The van der Waals surface area contributed by atoms with Gasteiger partial charge in [-0.05, 0) is 38.1 Å². The second-order valence-electron chi connectivity index (χ2n) is 8.50. The monoisotopic (exact) mass is 526 g/mol. The summed E-state index contributed by atoms with van der Waals surface area (Å²) < 4.78 is 18.4. The number of piperazine rings is 1. The minimum atomic E-state index is -0.575. The zero-order valence-electron chi connectivity index (χ0n) is 21.6. The van der Waals surface area contributed by atoms with Gasteiger partial charge in [-0.3, -0.25) is 14.2 Å². The molecule has 3 aromatic rings. The van der Waals surface area contributed by atoms with Gasteiger partial charge in [0.05, 0.1) is 36.0 Å². The molecule has 4 rings (SSSR count). The van der Waals surface area contributed by atoms with Crippen molar-refractivity contribution in [2.24, 2.45) is 0 Å². The molecule has 1 aliphatic heterocycles. The van der Waals surface area contributed by atoms with E-state index in [4.69, 9.17) is 19.2 Å². The number of hydrogen-bond donors (Lipinski definition) is 0. The molecule has 0 atom stereocenters. The van der Waals surface area contributed by atoms with Crippen LogP contribution in [0.15, 0.2) is 58.5 Å². The van der Waals surface area contributed by atoms with Crippen LogP contribution in [-0.2, 0) is 20.8 Å². The molecule has 37 heavy (non-hydrogen) atoms. The summed E-state index contributed by atoms with van der Waals surface area (Å²) in [5, 5.41) is 1.01. The van der Waals surface area contributed by atoms with Crippen molar-refractivity contribution in [1.29, 1.82) is 0 Å². The summed E-state index contributed by atoms with van der Waals surface area (Å²) in [6, 6.07) is 15.2. The molecule has 0 N–H and O–H groups in total. The van der Waals surface area contributed by atoms with Crippen molar-refractivity contribution in [3.63, 3.8) is 0 Å². The number of methoxy groups -OCH3 is 1. The average molecular weight is 527 g/mol. The summed E-state index contributed by atoms with van der Waals surface area (Å²) in [6.45, 7) is 7.57. The third kappa shape index (κ3) is 6.44. The lowest BCUT2D eigenvalue weighted by Gasteiger charge is -2.36. The Hall–Kier alpha value is -3.08. The van der Waals surface area contributed by atoms with Crippen LogP contribution in [0.25, 0.3) is 10.9 Å². The SMILES string of the molecule is CCOC(Cn1c(SCC(=O)N2CCN(c3ccccc3OC)CC2)nc2ccccc2c1=O)OCC. The molecular formula is C27H34N4O5S. The summed E-state index contributed by atoms with van der Waals surface area (Å²) in [4.78, 5) is 35.3. The lowest BCUT2D eigenvalue weighted by molar-refractivity contribution is -0.144. The van der Waals surface area contributed by atoms with Crippen molar-refractivity contribution < 1.29 is 19.0 Å². The molecule has 0 unspecified atom stereocenters. The Kier molecular flexibility index (Phi) is 9.43. The standard InChI is InChI=1S/C27H34N4O5S/c1-4-35-25(36-5-2)18-31-26(33)20-10-6-7-11-21(20)28-27(31)37-19-24(32)30-16-14-29(15-17-30)22-12-8-9-13-23(22)34-3/h6-13,25H,4-5,14-19H2,1-3H3. The number of rotatable bonds is 11. The van der Waals surface area contributed by atoms with Gasteiger partial charge in [-0.25, -0.2) is 4.98 Å². The minimum absolute atomic E-state index is 0.0183. The first kappa shape index (κ1) is 27.0. The maximum absolute atomic E-state index is 13.4. The Morgan fingerprint density at radius 3 is 2.38 bits per heavy atom. The van der Waals surface area contributed by atoms with E-state index in [1.54, 1.807) is 17.7 Å². The topological polar surface area (TPSA) is 86.1 Å². The van der Waals surface area contributed by atoms with Crippen molar-refractivity contribution in [3.8, 4) is 5.75 Å². The molecule has 0 aliphatic carbocycles. The van der Waals surface area contributed by atoms with Crippen LogP contribution in [0.1, 0.15) is 13.8 Å². The van der Waals surface area contributed by atoms with Crippen LogP contribution in [0.5, 0.6) is 5.75 Å². The van der Waals surface area contributed by atoms with Crippen molar-refractivity contribution in [2.45, 2.75) is 31.8 Å². The zero-order valence-corrected chi connectivity index (χ0v) is 22.4. The fraction of sp³-hybridized carbons (Fsp3) is 0.444. The average Bonchev–Trinajstić information content (AvgIpc) is 2.93. The quantitative estimate of drug-likeness (QED) is 0.214. The number of ether oxygens (including phenoxy) is 3. The maximum atomic E-state index is 13.4. The van der Waals surface area contributed by atoms with Gasteiger partial charge in [-0.1, -0.05) is 36.0 Å². The smallest absolute Gasteiger partial charge is 0.262 e. The lowest BCUT2D eigenvalue weighted by Crippen LogP contribution is -2.49. The molecule has 1 fully saturated rings. The number of fused-ring (bicyclic) bond motifs is 1. The number of nitrogens with zero attached hydrogens (tertiary/aromatic N) is 4. The number of carbonyl (C=O) groups excluding carboxylic acids is 1. The number of anilines is 1. The third-order valence-corrected chi connectivity index (χ3v) is 7.21. The van der Waals surface area contributed by atoms with E-state index < -0.39 is 6.29 Å². The van der Waals surface area contributed by atoms with E-state index in [1.807, 2.05) is 61.2 Å². The van der Waals surface area contributed by atoms with Gasteiger partial charge in [-0.15, -0.1) is 0 Å². The number of carbonyl (C=O) groups is 1. The molecule has 9 nitrogen and oxygen atoms in total. The molecule has 0 bridgehead atoms. The highest BCUT2D eigenvalue weighted by Crippen LogP contribution is 2.28. The maximum Gasteiger partial charge on any atom is 0.262 e. The van der Waals surface area contributed by atoms with Gasteiger partial charge >= 0.3 is 0 Å². The first-order valence-electron chi connectivity index (χ1n) is 12.6. The van der Waals surface area contributed by atoms with Crippen LogP contribution in [-0.4, -0.2) is 78.9 Å². The highest BCUT2D eigenvalue weighted by molar-refractivity contribution is 7.99. The zero-order chi connectivity index (χ0) is 26.2. The van der Waals surface area contributed by atoms with Gasteiger partial charge in [0.2, 0.25) is 5.91 Å². The number of thioether (sulfide) groups is 1. The largest absolute Gasteiger partial charge is 0.495 e. The van der Waals surface area contributed by atoms with E-state index in [0.717, 1.165) is 24.5 Å². The Balaban J connectivity index is 1.46. The van der Waals surface area contributed by atoms with Crippen LogP contribution >= 0.6 is 11.8 Å². The number of hydrogen-bond acceptors (Lipinski definition) is 8. The van der Waals surface area contributed by atoms with Crippen LogP contribution in [0.4, 0.5) is 5.69 Å². The Bertz CT molecular complexity index is 1250. The van der Waals surface area contributed by atoms with E-state index in [-0.39, 0.29) is 23.8 Å². The van der Waals surface area contributed by atoms with Crippen LogP contribution < -0.4 is 15.2 Å². The minimum Gasteiger partial charge on any atom is -0.495 e. The van der Waals surface area contributed by atoms with Crippen LogP contribution in [0.2, 0.25) is 0 Å². The molecule has 1 aliphatic rings. The van der Waals surface area contributed by atoms with Crippen molar-refractivity contribution in [2.75, 3.05) is 57.2 Å². The van der Waals surface area contributed by atoms with E-state index in [9.17, 15) is 9.59 Å². The van der Waals surface area contributed by atoms with Gasteiger partial charge in [0, 0.05) is 39.4 Å². The Morgan fingerprint density at radius 2 is 1.68 bits per heavy atom. The first-order valence-corrected chi connectivity index (χ1v) is 13.6. The Morgan fingerprint density at radius 1 is 1.00 bits per heavy atom. The second kappa shape index (κ2) is 12.9. The highest BCUT2D eigenvalue weighted by Gasteiger charge is 2.24. The van der Waals surface area contributed by atoms with Gasteiger partial charge in [-0.2, -0.15) is 0 Å². The highest BCUT2D eigenvalue weighted by atomic mass is 32.2. The van der Waals surface area contributed by atoms with E-state index in [2.05, 4.69) is 4.90 Å². The van der Waals surface area contributed by atoms with Gasteiger partial charge < -0.3 is 24.0 Å². The summed E-state index contributed by atoms with van der Waals surface area (Å²) in [5.74, 6) is 1.04. The van der Waals surface area contributed by atoms with E-state index in [0.29, 0.717) is 42.4 Å². The third-order valence-electron chi connectivity index (χ3n) is 6.25. The fourth-order valence-corrected chi connectivity index (χ4v) is 5.31. The van der Waals surface area contributed by atoms with Crippen molar-refractivity contribution in [1.82, 2.24) is 14.5 Å².